The molecule has 2 heterocycles. The molecule has 0 bridgehead atoms. The maximum Gasteiger partial charge on any atom is 0.274 e. The molecule has 0 radical (unpaired) electrons. The lowest BCUT2D eigenvalue weighted by molar-refractivity contribution is 0.102. The first-order chi connectivity index (χ1) is 12.7. The van der Waals surface area contributed by atoms with Crippen LogP contribution in [0.5, 0.6) is 0 Å². The zero-order chi connectivity index (χ0) is 17.9. The fourth-order valence-electron chi connectivity index (χ4n) is 2.77. The van der Waals surface area contributed by atoms with Crippen molar-refractivity contribution >= 4 is 34.1 Å². The molecule has 2 aromatic carbocycles. The van der Waals surface area contributed by atoms with Crippen molar-refractivity contribution in [1.82, 2.24) is 9.97 Å². The van der Waals surface area contributed by atoms with E-state index in [0.29, 0.717) is 16.4 Å². The number of amides is 1. The van der Waals surface area contributed by atoms with Gasteiger partial charge in [0.25, 0.3) is 5.91 Å². The molecule has 2 aromatic heterocycles. The molecular weight excluding hydrogens is 346 g/mol. The number of nitrogens with one attached hydrogen (secondary N) is 1. The van der Waals surface area contributed by atoms with Crippen LogP contribution in [0.1, 0.15) is 10.5 Å². The Morgan fingerprint density at radius 1 is 0.923 bits per heavy atom. The third-order valence-corrected chi connectivity index (χ3v) is 4.28. The molecular formula is C21H14ClN3O. The summed E-state index contributed by atoms with van der Waals surface area (Å²) < 4.78 is 0. The third-order valence-electron chi connectivity index (χ3n) is 4.03. The van der Waals surface area contributed by atoms with Crippen LogP contribution >= 0.6 is 11.6 Å². The van der Waals surface area contributed by atoms with E-state index in [4.69, 9.17) is 11.6 Å². The lowest BCUT2D eigenvalue weighted by Gasteiger charge is -2.09. The van der Waals surface area contributed by atoms with Gasteiger partial charge in [0, 0.05) is 22.2 Å². The Kier molecular flexibility index (Phi) is 4.33. The van der Waals surface area contributed by atoms with E-state index in [1.54, 1.807) is 30.6 Å². The quantitative estimate of drug-likeness (QED) is 0.546. The summed E-state index contributed by atoms with van der Waals surface area (Å²) in [5.41, 5.74) is 3.70. The molecule has 0 aliphatic carbocycles. The highest BCUT2D eigenvalue weighted by Crippen LogP contribution is 2.28. The first kappa shape index (κ1) is 16.2. The van der Waals surface area contributed by atoms with Gasteiger partial charge in [-0.2, -0.15) is 0 Å². The van der Waals surface area contributed by atoms with Crippen molar-refractivity contribution in [1.29, 1.82) is 0 Å². The van der Waals surface area contributed by atoms with Crippen molar-refractivity contribution in [2.24, 2.45) is 0 Å². The number of pyridine rings is 2. The summed E-state index contributed by atoms with van der Waals surface area (Å²) >= 11 is 5.99. The van der Waals surface area contributed by atoms with E-state index in [9.17, 15) is 4.79 Å². The van der Waals surface area contributed by atoms with Gasteiger partial charge >= 0.3 is 0 Å². The van der Waals surface area contributed by atoms with Gasteiger partial charge in [0.05, 0.1) is 17.4 Å². The number of benzene rings is 2. The summed E-state index contributed by atoms with van der Waals surface area (Å²) in [6, 6.07) is 20.7. The van der Waals surface area contributed by atoms with Crippen molar-refractivity contribution in [2.75, 3.05) is 5.32 Å². The summed E-state index contributed by atoms with van der Waals surface area (Å²) in [5.74, 6) is -0.272. The van der Waals surface area contributed by atoms with Gasteiger partial charge < -0.3 is 5.32 Å². The smallest absolute Gasteiger partial charge is 0.274 e. The Balaban J connectivity index is 1.75. The maximum atomic E-state index is 12.5. The number of fused-ring (bicyclic) bond motifs is 1. The molecule has 0 saturated carbocycles. The zero-order valence-corrected chi connectivity index (χ0v) is 14.4. The van der Waals surface area contributed by atoms with Crippen molar-refractivity contribution in [2.45, 2.75) is 0 Å². The Morgan fingerprint density at radius 3 is 2.54 bits per heavy atom. The molecule has 0 fully saturated rings. The van der Waals surface area contributed by atoms with Gasteiger partial charge in [-0.1, -0.05) is 48.0 Å². The minimum absolute atomic E-state index is 0.272. The van der Waals surface area contributed by atoms with Gasteiger partial charge in [-0.3, -0.25) is 9.78 Å². The number of hydrogen-bond acceptors (Lipinski definition) is 3. The Bertz CT molecular complexity index is 1080. The highest BCUT2D eigenvalue weighted by atomic mass is 35.5. The topological polar surface area (TPSA) is 54.9 Å². The highest BCUT2D eigenvalue weighted by Gasteiger charge is 2.11. The van der Waals surface area contributed by atoms with Crippen LogP contribution in [0, 0.1) is 0 Å². The number of anilines is 1. The van der Waals surface area contributed by atoms with Gasteiger partial charge in [0.15, 0.2) is 0 Å². The van der Waals surface area contributed by atoms with Gasteiger partial charge in [0.1, 0.15) is 5.69 Å². The number of carbonyl (C=O) groups excluding carboxylic acids is 1. The normalized spacial score (nSPS) is 10.7. The van der Waals surface area contributed by atoms with E-state index < -0.39 is 0 Å². The van der Waals surface area contributed by atoms with Gasteiger partial charge in [0.2, 0.25) is 0 Å². The van der Waals surface area contributed by atoms with Crippen LogP contribution < -0.4 is 5.32 Å². The second-order valence-electron chi connectivity index (χ2n) is 5.78. The second-order valence-corrected chi connectivity index (χ2v) is 6.21. The molecule has 0 saturated heterocycles. The lowest BCUT2D eigenvalue weighted by atomic mass is 10.0. The maximum absolute atomic E-state index is 12.5. The standard InChI is InChI=1S/C21H14ClN3O/c22-16-9-6-14(7-10-16)18-5-1-3-15-8-11-19(25-20(15)18)21(26)24-17-4-2-12-23-13-17/h1-13H,(H,24,26). The van der Waals surface area contributed by atoms with Crippen LogP contribution in [0.25, 0.3) is 22.0 Å². The minimum Gasteiger partial charge on any atom is -0.319 e. The van der Waals surface area contributed by atoms with Crippen molar-refractivity contribution < 1.29 is 4.79 Å². The number of rotatable bonds is 3. The summed E-state index contributed by atoms with van der Waals surface area (Å²) in [5, 5.41) is 4.46. The highest BCUT2D eigenvalue weighted by molar-refractivity contribution is 6.30. The molecule has 0 aliphatic heterocycles. The van der Waals surface area contributed by atoms with Crippen LogP contribution in [-0.4, -0.2) is 15.9 Å². The fourth-order valence-corrected chi connectivity index (χ4v) is 2.89. The molecule has 126 valence electrons. The molecule has 4 nitrogen and oxygen atoms in total. The Hall–Kier alpha value is -3.24. The van der Waals surface area contributed by atoms with Crippen molar-refractivity contribution in [3.05, 3.63) is 89.8 Å². The van der Waals surface area contributed by atoms with Gasteiger partial charge in [-0.15, -0.1) is 0 Å². The van der Waals surface area contributed by atoms with Crippen LogP contribution in [0.15, 0.2) is 79.1 Å². The average Bonchev–Trinajstić information content (AvgIpc) is 2.68. The monoisotopic (exact) mass is 359 g/mol. The molecule has 0 spiro atoms. The number of hydrogen-bond donors (Lipinski definition) is 1. The van der Waals surface area contributed by atoms with E-state index in [0.717, 1.165) is 22.0 Å². The molecule has 1 amide bonds. The zero-order valence-electron chi connectivity index (χ0n) is 13.7. The largest absolute Gasteiger partial charge is 0.319 e. The van der Waals surface area contributed by atoms with Gasteiger partial charge in [-0.25, -0.2) is 4.98 Å². The van der Waals surface area contributed by atoms with Crippen LogP contribution in [0.4, 0.5) is 5.69 Å². The molecule has 4 rings (SSSR count). The SMILES string of the molecule is O=C(Nc1cccnc1)c1ccc2cccc(-c3ccc(Cl)cc3)c2n1. The van der Waals surface area contributed by atoms with Crippen LogP contribution in [0.3, 0.4) is 0 Å². The molecule has 5 heteroatoms. The number of nitrogens with zero attached hydrogens (tertiary/aromatic N) is 2. The van der Waals surface area contributed by atoms with Crippen LogP contribution in [0.2, 0.25) is 5.02 Å². The van der Waals surface area contributed by atoms with E-state index >= 15 is 0 Å². The fraction of sp³-hybridized carbons (Fsp3) is 0. The molecule has 1 N–H and O–H groups in total. The van der Waals surface area contributed by atoms with Crippen molar-refractivity contribution in [3.63, 3.8) is 0 Å². The summed E-state index contributed by atoms with van der Waals surface area (Å²) in [7, 11) is 0. The summed E-state index contributed by atoms with van der Waals surface area (Å²) in [4.78, 5) is 21.1. The van der Waals surface area contributed by atoms with Crippen molar-refractivity contribution in [3.8, 4) is 11.1 Å². The predicted molar refractivity (Wildman–Crippen MR) is 104 cm³/mol. The first-order valence-corrected chi connectivity index (χ1v) is 8.45. The number of carbonyl (C=O) groups is 1. The van der Waals surface area contributed by atoms with E-state index in [-0.39, 0.29) is 5.91 Å². The predicted octanol–water partition coefficient (Wildman–Crippen LogP) is 5.20. The second kappa shape index (κ2) is 6.94. The molecule has 4 aromatic rings. The molecule has 26 heavy (non-hydrogen) atoms. The lowest BCUT2D eigenvalue weighted by Crippen LogP contribution is -2.13. The van der Waals surface area contributed by atoms with E-state index in [1.165, 1.54) is 0 Å². The van der Waals surface area contributed by atoms with Gasteiger partial charge in [-0.05, 0) is 35.9 Å². The Labute approximate surface area is 155 Å². The first-order valence-electron chi connectivity index (χ1n) is 8.08. The average molecular weight is 360 g/mol. The number of para-hydroxylation sites is 1. The number of aromatic nitrogens is 2. The minimum atomic E-state index is -0.272. The summed E-state index contributed by atoms with van der Waals surface area (Å²) in [6.07, 6.45) is 3.25. The third kappa shape index (κ3) is 3.27. The molecule has 0 unspecified atom stereocenters. The van der Waals surface area contributed by atoms with E-state index in [1.807, 2.05) is 48.5 Å². The molecule has 0 aliphatic rings. The summed E-state index contributed by atoms with van der Waals surface area (Å²) in [6.45, 7) is 0. The van der Waals surface area contributed by atoms with E-state index in [2.05, 4.69) is 15.3 Å². The van der Waals surface area contributed by atoms with Crippen LogP contribution in [-0.2, 0) is 0 Å². The molecule has 0 atom stereocenters. The number of halogens is 1. The Morgan fingerprint density at radius 2 is 1.77 bits per heavy atom.